The van der Waals surface area contributed by atoms with E-state index in [9.17, 15) is 0 Å². The van der Waals surface area contributed by atoms with Crippen LogP contribution in [0.3, 0.4) is 0 Å². The van der Waals surface area contributed by atoms with Crippen LogP contribution in [0.2, 0.25) is 0 Å². The van der Waals surface area contributed by atoms with E-state index in [0.717, 1.165) is 16.7 Å². The quantitative estimate of drug-likeness (QED) is 0.634. The van der Waals surface area contributed by atoms with Crippen molar-refractivity contribution in [3.8, 4) is 0 Å². The molecule has 1 heterocycles. The van der Waals surface area contributed by atoms with E-state index >= 15 is 0 Å². The van der Waals surface area contributed by atoms with Gasteiger partial charge in [0.2, 0.25) is 0 Å². The van der Waals surface area contributed by atoms with Crippen LogP contribution < -0.4 is 0 Å². The lowest BCUT2D eigenvalue weighted by Gasteiger charge is -1.98. The third-order valence-electron chi connectivity index (χ3n) is 1.86. The molecular formula is C12H16N2. The van der Waals surface area contributed by atoms with Crippen LogP contribution >= 0.6 is 0 Å². The first kappa shape index (κ1) is 10.6. The average molecular weight is 188 g/mol. The zero-order chi connectivity index (χ0) is 10.6. The first-order valence-corrected chi connectivity index (χ1v) is 4.96. The van der Waals surface area contributed by atoms with Crippen molar-refractivity contribution in [1.29, 1.82) is 0 Å². The monoisotopic (exact) mass is 188 g/mol. The first-order valence-electron chi connectivity index (χ1n) is 4.96. The van der Waals surface area contributed by atoms with E-state index < -0.39 is 0 Å². The summed E-state index contributed by atoms with van der Waals surface area (Å²) in [6.07, 6.45) is 1.87. The van der Waals surface area contributed by atoms with Gasteiger partial charge >= 0.3 is 0 Å². The van der Waals surface area contributed by atoms with Gasteiger partial charge in [0.25, 0.3) is 0 Å². The molecular weight excluding hydrogens is 172 g/mol. The molecule has 0 aliphatic heterocycles. The molecule has 1 aromatic heterocycles. The van der Waals surface area contributed by atoms with Gasteiger partial charge in [0.15, 0.2) is 0 Å². The molecule has 0 saturated carbocycles. The van der Waals surface area contributed by atoms with Gasteiger partial charge in [0.05, 0.1) is 5.52 Å². The normalized spacial score (nSPS) is 9.43. The highest BCUT2D eigenvalue weighted by Gasteiger charge is 1.95. The highest BCUT2D eigenvalue weighted by molar-refractivity contribution is 5.78. The summed E-state index contributed by atoms with van der Waals surface area (Å²) in [5, 5.41) is 1.11. The Balaban J connectivity index is 0.000000461. The smallest absolute Gasteiger partial charge is 0.125 e. The largest absolute Gasteiger partial charge is 0.241 e. The fourth-order valence-corrected chi connectivity index (χ4v) is 1.25. The minimum absolute atomic E-state index is 0.825. The molecule has 0 spiro atoms. The molecule has 0 atom stereocenters. The number of rotatable bonds is 0. The Hall–Kier alpha value is -1.44. The molecule has 2 rings (SSSR count). The summed E-state index contributed by atoms with van der Waals surface area (Å²) in [6.45, 7) is 7.97. The lowest BCUT2D eigenvalue weighted by atomic mass is 10.2. The molecule has 0 bridgehead atoms. The van der Waals surface area contributed by atoms with Crippen LogP contribution in [0.25, 0.3) is 10.9 Å². The molecule has 0 saturated heterocycles. The number of hydrogen-bond acceptors (Lipinski definition) is 2. The van der Waals surface area contributed by atoms with E-state index in [1.807, 2.05) is 33.0 Å². The van der Waals surface area contributed by atoms with Crippen LogP contribution in [0.4, 0.5) is 0 Å². The van der Waals surface area contributed by atoms with Gasteiger partial charge in [-0.15, -0.1) is 0 Å². The maximum atomic E-state index is 4.31. The van der Waals surface area contributed by atoms with Gasteiger partial charge in [-0.05, 0) is 26.0 Å². The van der Waals surface area contributed by atoms with Crippen molar-refractivity contribution in [2.75, 3.05) is 0 Å². The minimum atomic E-state index is 0.825. The van der Waals surface area contributed by atoms with Gasteiger partial charge in [-0.3, -0.25) is 0 Å². The summed E-state index contributed by atoms with van der Waals surface area (Å²) in [7, 11) is 0. The molecule has 14 heavy (non-hydrogen) atoms. The topological polar surface area (TPSA) is 25.8 Å². The van der Waals surface area contributed by atoms with Crippen LogP contribution in [0.1, 0.15) is 25.2 Å². The highest BCUT2D eigenvalue weighted by atomic mass is 14.9. The van der Waals surface area contributed by atoms with Crippen molar-refractivity contribution in [3.05, 3.63) is 35.8 Å². The molecule has 74 valence electrons. The van der Waals surface area contributed by atoms with Crippen LogP contribution in [-0.4, -0.2) is 9.97 Å². The van der Waals surface area contributed by atoms with E-state index in [1.54, 1.807) is 0 Å². The molecule has 2 aromatic rings. The summed E-state index contributed by atoms with van der Waals surface area (Å²) in [4.78, 5) is 8.44. The van der Waals surface area contributed by atoms with Gasteiger partial charge in [0, 0.05) is 11.6 Å². The summed E-state index contributed by atoms with van der Waals surface area (Å²) in [5.41, 5.74) is 2.27. The lowest BCUT2D eigenvalue weighted by molar-refractivity contribution is 1.09. The standard InChI is InChI=1S/C10H10N2.C2H6/c1-7-3-4-10-9(5-7)6-11-8(2)12-10;1-2/h3-6H,1-2H3;1-2H3. The fraction of sp³-hybridized carbons (Fsp3) is 0.333. The van der Waals surface area contributed by atoms with Crippen molar-refractivity contribution < 1.29 is 0 Å². The Morgan fingerprint density at radius 3 is 2.50 bits per heavy atom. The molecule has 0 unspecified atom stereocenters. The van der Waals surface area contributed by atoms with E-state index in [-0.39, 0.29) is 0 Å². The Morgan fingerprint density at radius 1 is 1.07 bits per heavy atom. The number of fused-ring (bicyclic) bond motifs is 1. The molecule has 0 radical (unpaired) electrons. The Bertz CT molecular complexity index is 380. The van der Waals surface area contributed by atoms with Crippen molar-refractivity contribution in [3.63, 3.8) is 0 Å². The Kier molecular flexibility index (Phi) is 3.57. The van der Waals surface area contributed by atoms with Gasteiger partial charge < -0.3 is 0 Å². The van der Waals surface area contributed by atoms with Crippen LogP contribution in [-0.2, 0) is 0 Å². The first-order chi connectivity index (χ1) is 6.75. The molecule has 0 fully saturated rings. The Labute approximate surface area is 85.0 Å². The summed E-state index contributed by atoms with van der Waals surface area (Å²) >= 11 is 0. The minimum Gasteiger partial charge on any atom is -0.241 e. The van der Waals surface area contributed by atoms with Crippen LogP contribution in [0.15, 0.2) is 24.4 Å². The number of hydrogen-bond donors (Lipinski definition) is 0. The Morgan fingerprint density at radius 2 is 1.79 bits per heavy atom. The third kappa shape index (κ3) is 2.28. The second kappa shape index (κ2) is 4.70. The predicted octanol–water partition coefficient (Wildman–Crippen LogP) is 3.27. The number of aryl methyl sites for hydroxylation is 2. The van der Waals surface area contributed by atoms with Gasteiger partial charge in [-0.25, -0.2) is 9.97 Å². The summed E-state index contributed by atoms with van der Waals surface area (Å²) in [6, 6.07) is 6.18. The molecule has 0 aliphatic carbocycles. The van der Waals surface area contributed by atoms with Gasteiger partial charge in [0.1, 0.15) is 5.82 Å². The third-order valence-corrected chi connectivity index (χ3v) is 1.86. The maximum absolute atomic E-state index is 4.31. The van der Waals surface area contributed by atoms with E-state index in [0.29, 0.717) is 0 Å². The number of nitrogens with zero attached hydrogens (tertiary/aromatic N) is 2. The van der Waals surface area contributed by atoms with E-state index in [1.165, 1.54) is 5.56 Å². The number of benzene rings is 1. The molecule has 0 amide bonds. The van der Waals surface area contributed by atoms with Gasteiger partial charge in [-0.1, -0.05) is 25.5 Å². The second-order valence-electron chi connectivity index (χ2n) is 2.98. The maximum Gasteiger partial charge on any atom is 0.125 e. The molecule has 1 aromatic carbocycles. The van der Waals surface area contributed by atoms with Gasteiger partial charge in [-0.2, -0.15) is 0 Å². The van der Waals surface area contributed by atoms with Crippen molar-refractivity contribution in [2.45, 2.75) is 27.7 Å². The average Bonchev–Trinajstić information content (AvgIpc) is 2.21. The van der Waals surface area contributed by atoms with Crippen molar-refractivity contribution in [2.24, 2.45) is 0 Å². The summed E-state index contributed by atoms with van der Waals surface area (Å²) < 4.78 is 0. The zero-order valence-corrected chi connectivity index (χ0v) is 9.20. The number of aromatic nitrogens is 2. The molecule has 2 nitrogen and oxygen atoms in total. The SMILES string of the molecule is CC.Cc1ccc2nc(C)ncc2c1. The van der Waals surface area contributed by atoms with Crippen LogP contribution in [0.5, 0.6) is 0 Å². The van der Waals surface area contributed by atoms with Crippen LogP contribution in [0, 0.1) is 13.8 Å². The van der Waals surface area contributed by atoms with E-state index in [4.69, 9.17) is 0 Å². The summed E-state index contributed by atoms with van der Waals surface area (Å²) in [5.74, 6) is 0.825. The zero-order valence-electron chi connectivity index (χ0n) is 9.20. The fourth-order valence-electron chi connectivity index (χ4n) is 1.25. The van der Waals surface area contributed by atoms with Crippen molar-refractivity contribution >= 4 is 10.9 Å². The lowest BCUT2D eigenvalue weighted by Crippen LogP contribution is -1.87. The van der Waals surface area contributed by atoms with E-state index in [2.05, 4.69) is 29.0 Å². The predicted molar refractivity (Wildman–Crippen MR) is 60.4 cm³/mol. The second-order valence-corrected chi connectivity index (χ2v) is 2.98. The highest BCUT2D eigenvalue weighted by Crippen LogP contribution is 2.11. The van der Waals surface area contributed by atoms with Crippen molar-refractivity contribution in [1.82, 2.24) is 9.97 Å². The molecule has 0 N–H and O–H groups in total. The molecule has 2 heteroatoms. The molecule has 0 aliphatic rings.